The van der Waals surface area contributed by atoms with Crippen molar-refractivity contribution in [2.75, 3.05) is 0 Å². The molecule has 1 aromatic rings. The molecule has 2 heterocycles. The van der Waals surface area contributed by atoms with E-state index in [-0.39, 0.29) is 5.69 Å². The standard InChI is InChI=1S/C8H11N3O2/c1-5-4-11-6(3-9-5)2-7(10-11)8(12)13/h2,5,9H,3-4H2,1H3,(H,12,13)/t5-/m0/s1. The van der Waals surface area contributed by atoms with Crippen molar-refractivity contribution in [1.29, 1.82) is 0 Å². The Morgan fingerprint density at radius 3 is 3.31 bits per heavy atom. The third kappa shape index (κ3) is 1.42. The van der Waals surface area contributed by atoms with Gasteiger partial charge in [-0.15, -0.1) is 0 Å². The summed E-state index contributed by atoms with van der Waals surface area (Å²) in [6.07, 6.45) is 0. The van der Waals surface area contributed by atoms with Crippen molar-refractivity contribution in [3.05, 3.63) is 17.5 Å². The molecule has 13 heavy (non-hydrogen) atoms. The quantitative estimate of drug-likeness (QED) is 0.643. The second-order valence-corrected chi connectivity index (χ2v) is 3.29. The predicted molar refractivity (Wildman–Crippen MR) is 45.5 cm³/mol. The number of fused-ring (bicyclic) bond motifs is 1. The number of carboxylic acids is 1. The number of rotatable bonds is 1. The zero-order valence-corrected chi connectivity index (χ0v) is 7.32. The summed E-state index contributed by atoms with van der Waals surface area (Å²) in [4.78, 5) is 10.6. The van der Waals surface area contributed by atoms with Gasteiger partial charge in [0.05, 0.1) is 12.2 Å². The Kier molecular flexibility index (Phi) is 1.81. The summed E-state index contributed by atoms with van der Waals surface area (Å²) in [5.41, 5.74) is 1.07. The Morgan fingerprint density at radius 2 is 2.62 bits per heavy atom. The highest BCUT2D eigenvalue weighted by Gasteiger charge is 2.18. The summed E-state index contributed by atoms with van der Waals surface area (Å²) in [6, 6.07) is 1.97. The molecule has 0 bridgehead atoms. The van der Waals surface area contributed by atoms with E-state index < -0.39 is 5.97 Å². The molecule has 0 spiro atoms. The summed E-state index contributed by atoms with van der Waals surface area (Å²) in [6.45, 7) is 3.48. The van der Waals surface area contributed by atoms with Gasteiger partial charge in [0.25, 0.3) is 0 Å². The Morgan fingerprint density at radius 1 is 1.85 bits per heavy atom. The zero-order valence-electron chi connectivity index (χ0n) is 7.32. The molecule has 0 saturated carbocycles. The zero-order chi connectivity index (χ0) is 9.42. The van der Waals surface area contributed by atoms with Gasteiger partial charge in [-0.2, -0.15) is 5.10 Å². The molecule has 2 N–H and O–H groups in total. The first-order chi connectivity index (χ1) is 6.16. The molecule has 0 unspecified atom stereocenters. The molecule has 0 radical (unpaired) electrons. The number of hydrogen-bond acceptors (Lipinski definition) is 3. The highest BCUT2D eigenvalue weighted by Crippen LogP contribution is 2.10. The maximum Gasteiger partial charge on any atom is 0.356 e. The highest BCUT2D eigenvalue weighted by molar-refractivity contribution is 5.85. The van der Waals surface area contributed by atoms with Gasteiger partial charge in [-0.05, 0) is 13.0 Å². The lowest BCUT2D eigenvalue weighted by Crippen LogP contribution is -2.36. The van der Waals surface area contributed by atoms with Gasteiger partial charge in [-0.1, -0.05) is 0 Å². The number of hydrogen-bond donors (Lipinski definition) is 2. The fraction of sp³-hybridized carbons (Fsp3) is 0.500. The van der Waals surface area contributed by atoms with Crippen LogP contribution in [0.3, 0.4) is 0 Å². The van der Waals surface area contributed by atoms with E-state index in [1.807, 2.05) is 6.92 Å². The van der Waals surface area contributed by atoms with Crippen LogP contribution in [0.1, 0.15) is 23.1 Å². The Hall–Kier alpha value is -1.36. The molecule has 5 heteroatoms. The first-order valence-corrected chi connectivity index (χ1v) is 4.20. The smallest absolute Gasteiger partial charge is 0.356 e. The van der Waals surface area contributed by atoms with Crippen molar-refractivity contribution >= 4 is 5.97 Å². The number of aromatic carboxylic acids is 1. The van der Waals surface area contributed by atoms with Crippen LogP contribution in [0.5, 0.6) is 0 Å². The molecule has 5 nitrogen and oxygen atoms in total. The van der Waals surface area contributed by atoms with Gasteiger partial charge in [0.15, 0.2) is 5.69 Å². The number of nitrogens with zero attached hydrogens (tertiary/aromatic N) is 2. The summed E-state index contributed by atoms with van der Waals surface area (Å²) < 4.78 is 1.75. The van der Waals surface area contributed by atoms with E-state index in [4.69, 9.17) is 5.11 Å². The number of nitrogens with one attached hydrogen (secondary N) is 1. The fourth-order valence-electron chi connectivity index (χ4n) is 1.46. The first-order valence-electron chi connectivity index (χ1n) is 4.20. The minimum absolute atomic E-state index is 0.130. The van der Waals surface area contributed by atoms with Crippen LogP contribution in [0.25, 0.3) is 0 Å². The van der Waals surface area contributed by atoms with Crippen LogP contribution in [0.2, 0.25) is 0 Å². The largest absolute Gasteiger partial charge is 0.476 e. The molecule has 1 aromatic heterocycles. The molecule has 0 saturated heterocycles. The predicted octanol–water partition coefficient (Wildman–Crippen LogP) is 0.0730. The minimum Gasteiger partial charge on any atom is -0.476 e. The van der Waals surface area contributed by atoms with E-state index in [0.29, 0.717) is 12.6 Å². The average Bonchev–Trinajstić information content (AvgIpc) is 2.46. The van der Waals surface area contributed by atoms with E-state index >= 15 is 0 Å². The van der Waals surface area contributed by atoms with Crippen molar-refractivity contribution in [1.82, 2.24) is 15.1 Å². The molecule has 0 aromatic carbocycles. The van der Waals surface area contributed by atoms with Crippen LogP contribution in [-0.2, 0) is 13.1 Å². The third-order valence-corrected chi connectivity index (χ3v) is 2.16. The van der Waals surface area contributed by atoms with E-state index in [9.17, 15) is 4.79 Å². The van der Waals surface area contributed by atoms with Crippen LogP contribution >= 0.6 is 0 Å². The molecule has 70 valence electrons. The molecular weight excluding hydrogens is 170 g/mol. The lowest BCUT2D eigenvalue weighted by atomic mass is 10.2. The second kappa shape index (κ2) is 2.85. The van der Waals surface area contributed by atoms with Gasteiger partial charge in [-0.3, -0.25) is 4.68 Å². The summed E-state index contributed by atoms with van der Waals surface area (Å²) in [5, 5.41) is 15.9. The lowest BCUT2D eigenvalue weighted by molar-refractivity contribution is 0.0689. The van der Waals surface area contributed by atoms with Crippen LogP contribution in [0.4, 0.5) is 0 Å². The van der Waals surface area contributed by atoms with Crippen molar-refractivity contribution in [2.45, 2.75) is 26.1 Å². The SMILES string of the molecule is C[C@H]1Cn2nc(C(=O)O)cc2CN1. The van der Waals surface area contributed by atoms with Crippen molar-refractivity contribution in [3.63, 3.8) is 0 Å². The first kappa shape index (κ1) is 8.25. The Labute approximate surface area is 75.4 Å². The van der Waals surface area contributed by atoms with Crippen molar-refractivity contribution in [2.24, 2.45) is 0 Å². The van der Waals surface area contributed by atoms with Crippen LogP contribution < -0.4 is 5.32 Å². The van der Waals surface area contributed by atoms with E-state index in [1.165, 1.54) is 0 Å². The van der Waals surface area contributed by atoms with E-state index in [1.54, 1.807) is 10.7 Å². The van der Waals surface area contributed by atoms with Gasteiger partial charge in [0.1, 0.15) is 0 Å². The van der Waals surface area contributed by atoms with Crippen molar-refractivity contribution in [3.8, 4) is 0 Å². The Balaban J connectivity index is 2.33. The van der Waals surface area contributed by atoms with Gasteiger partial charge in [0.2, 0.25) is 0 Å². The average molecular weight is 181 g/mol. The number of carboxylic acid groups (broad SMARTS) is 1. The summed E-state index contributed by atoms with van der Waals surface area (Å²) in [7, 11) is 0. The number of carbonyl (C=O) groups is 1. The van der Waals surface area contributed by atoms with Gasteiger partial charge < -0.3 is 10.4 Å². The van der Waals surface area contributed by atoms with Crippen LogP contribution in [0.15, 0.2) is 6.07 Å². The van der Waals surface area contributed by atoms with Crippen LogP contribution in [-0.4, -0.2) is 26.9 Å². The molecule has 1 atom stereocenters. The Bertz CT molecular complexity index is 345. The third-order valence-electron chi connectivity index (χ3n) is 2.16. The van der Waals surface area contributed by atoms with Gasteiger partial charge >= 0.3 is 5.97 Å². The molecule has 2 rings (SSSR count). The summed E-state index contributed by atoms with van der Waals surface area (Å²) >= 11 is 0. The maximum absolute atomic E-state index is 10.6. The number of aromatic nitrogens is 2. The van der Waals surface area contributed by atoms with Gasteiger partial charge in [0, 0.05) is 12.6 Å². The topological polar surface area (TPSA) is 67.2 Å². The lowest BCUT2D eigenvalue weighted by Gasteiger charge is -2.21. The fourth-order valence-corrected chi connectivity index (χ4v) is 1.46. The molecule has 1 aliphatic rings. The highest BCUT2D eigenvalue weighted by atomic mass is 16.4. The molecular formula is C8H11N3O2. The molecule has 0 fully saturated rings. The monoisotopic (exact) mass is 181 g/mol. The van der Waals surface area contributed by atoms with Gasteiger partial charge in [-0.25, -0.2) is 4.79 Å². The van der Waals surface area contributed by atoms with E-state index in [2.05, 4.69) is 10.4 Å². The minimum atomic E-state index is -0.963. The van der Waals surface area contributed by atoms with E-state index in [0.717, 1.165) is 12.2 Å². The molecule has 0 amide bonds. The normalized spacial score (nSPS) is 21.2. The van der Waals surface area contributed by atoms with Crippen molar-refractivity contribution < 1.29 is 9.90 Å². The second-order valence-electron chi connectivity index (χ2n) is 3.29. The molecule has 0 aliphatic carbocycles. The molecule has 1 aliphatic heterocycles. The maximum atomic E-state index is 10.6. The summed E-state index contributed by atoms with van der Waals surface area (Å²) in [5.74, 6) is -0.963. The van der Waals surface area contributed by atoms with Crippen LogP contribution in [0, 0.1) is 0 Å².